The minimum atomic E-state index is -1.33. The minimum absolute atomic E-state index is 0.251. The zero-order chi connectivity index (χ0) is 11.6. The Kier molecular flexibility index (Phi) is 2.99. The van der Waals surface area contributed by atoms with E-state index in [4.69, 9.17) is 10.2 Å². The summed E-state index contributed by atoms with van der Waals surface area (Å²) in [5, 5.41) is 17.5. The summed E-state index contributed by atoms with van der Waals surface area (Å²) in [5.41, 5.74) is 0.606. The number of carboxylic acid groups (broad SMARTS) is 2. The topological polar surface area (TPSA) is 100 Å². The third-order valence-corrected chi connectivity index (χ3v) is 1.98. The Labute approximate surface area is 85.6 Å². The van der Waals surface area contributed by atoms with Gasteiger partial charge in [0.05, 0.1) is 0 Å². The maximum absolute atomic E-state index is 10.8. The molecule has 0 unspecified atom stereocenters. The average Bonchev–Trinajstić information content (AvgIpc) is 2.17. The molecule has 2 N–H and O–H groups in total. The van der Waals surface area contributed by atoms with E-state index < -0.39 is 17.8 Å². The van der Waals surface area contributed by atoms with E-state index in [0.717, 1.165) is 0 Å². The molecule has 0 aliphatic rings. The largest absolute Gasteiger partial charge is 0.477 e. The Morgan fingerprint density at radius 3 is 2.20 bits per heavy atom. The summed E-state index contributed by atoms with van der Waals surface area (Å²) in [6, 6.07) is 0. The highest BCUT2D eigenvalue weighted by molar-refractivity contribution is 5.90. The maximum Gasteiger partial charge on any atom is 0.373 e. The van der Waals surface area contributed by atoms with Gasteiger partial charge in [0, 0.05) is 11.3 Å². The fourth-order valence-corrected chi connectivity index (χ4v) is 1.21. The summed E-state index contributed by atoms with van der Waals surface area (Å²) in [5.74, 6) is -3.05. The van der Waals surface area contributed by atoms with Crippen molar-refractivity contribution in [2.45, 2.75) is 20.3 Å². The van der Waals surface area contributed by atoms with E-state index in [1.807, 2.05) is 0 Å². The van der Waals surface area contributed by atoms with E-state index in [1.54, 1.807) is 13.8 Å². The molecule has 6 heteroatoms. The average molecular weight is 210 g/mol. The molecule has 0 aliphatic heterocycles. The fourth-order valence-electron chi connectivity index (χ4n) is 1.21. The summed E-state index contributed by atoms with van der Waals surface area (Å²) >= 11 is 0. The van der Waals surface area contributed by atoms with Crippen LogP contribution in [0, 0.1) is 6.92 Å². The van der Waals surface area contributed by atoms with Gasteiger partial charge in [-0.1, -0.05) is 6.92 Å². The van der Waals surface area contributed by atoms with Crippen molar-refractivity contribution in [2.24, 2.45) is 0 Å². The van der Waals surface area contributed by atoms with Crippen LogP contribution in [0.3, 0.4) is 0 Å². The molecule has 0 bridgehead atoms. The second-order valence-electron chi connectivity index (χ2n) is 2.93. The number of aromatic carboxylic acids is 2. The standard InChI is InChI=1S/C9H10N2O4/c1-3-5-4(2)6(8(12)13)11-7(10-5)9(14)15/h3H2,1-2H3,(H,12,13)(H,14,15). The molecule has 0 atom stereocenters. The van der Waals surface area contributed by atoms with Gasteiger partial charge >= 0.3 is 11.9 Å². The lowest BCUT2D eigenvalue weighted by Crippen LogP contribution is -2.14. The van der Waals surface area contributed by atoms with E-state index in [9.17, 15) is 9.59 Å². The van der Waals surface area contributed by atoms with Crippen molar-refractivity contribution in [3.05, 3.63) is 22.8 Å². The smallest absolute Gasteiger partial charge is 0.373 e. The SMILES string of the molecule is CCc1nc(C(=O)O)nc(C(=O)O)c1C. The summed E-state index contributed by atoms with van der Waals surface area (Å²) in [7, 11) is 0. The number of rotatable bonds is 3. The van der Waals surface area contributed by atoms with Gasteiger partial charge in [-0.2, -0.15) is 0 Å². The predicted molar refractivity (Wildman–Crippen MR) is 50.1 cm³/mol. The van der Waals surface area contributed by atoms with Crippen LogP contribution in [0.5, 0.6) is 0 Å². The first-order valence-electron chi connectivity index (χ1n) is 4.31. The molecular formula is C9H10N2O4. The van der Waals surface area contributed by atoms with Gasteiger partial charge in [0.15, 0.2) is 5.69 Å². The van der Waals surface area contributed by atoms with E-state index >= 15 is 0 Å². The highest BCUT2D eigenvalue weighted by atomic mass is 16.4. The second kappa shape index (κ2) is 4.04. The lowest BCUT2D eigenvalue weighted by atomic mass is 10.1. The molecule has 15 heavy (non-hydrogen) atoms. The van der Waals surface area contributed by atoms with Gasteiger partial charge in [-0.3, -0.25) is 0 Å². The summed E-state index contributed by atoms with van der Waals surface area (Å²) < 4.78 is 0. The molecule has 0 spiro atoms. The number of hydrogen-bond donors (Lipinski definition) is 2. The lowest BCUT2D eigenvalue weighted by molar-refractivity contribution is 0.0678. The minimum Gasteiger partial charge on any atom is -0.477 e. The first-order chi connectivity index (χ1) is 6.97. The summed E-state index contributed by atoms with van der Waals surface area (Å²) in [6.45, 7) is 3.33. The van der Waals surface area contributed by atoms with Gasteiger partial charge in [-0.15, -0.1) is 0 Å². The molecule has 0 aliphatic carbocycles. The third-order valence-electron chi connectivity index (χ3n) is 1.98. The van der Waals surface area contributed by atoms with Gasteiger partial charge < -0.3 is 10.2 Å². The molecule has 0 radical (unpaired) electrons. The van der Waals surface area contributed by atoms with Crippen molar-refractivity contribution in [3.8, 4) is 0 Å². The van der Waals surface area contributed by atoms with E-state index in [1.165, 1.54) is 0 Å². The Bertz CT molecular complexity index is 428. The van der Waals surface area contributed by atoms with Crippen molar-refractivity contribution >= 4 is 11.9 Å². The first-order valence-corrected chi connectivity index (χ1v) is 4.31. The third kappa shape index (κ3) is 2.09. The lowest BCUT2D eigenvalue weighted by Gasteiger charge is -2.06. The Balaban J connectivity index is 3.45. The number of aromatic nitrogens is 2. The maximum atomic E-state index is 10.8. The molecule has 0 saturated heterocycles. The van der Waals surface area contributed by atoms with Gasteiger partial charge in [0.25, 0.3) is 0 Å². The van der Waals surface area contributed by atoms with Gasteiger partial charge in [-0.05, 0) is 13.3 Å². The van der Waals surface area contributed by atoms with Crippen LogP contribution in [0.1, 0.15) is 39.3 Å². The van der Waals surface area contributed by atoms with Crippen LogP contribution in [0.25, 0.3) is 0 Å². The van der Waals surface area contributed by atoms with Crippen LogP contribution in [-0.4, -0.2) is 32.1 Å². The van der Waals surface area contributed by atoms with Crippen LogP contribution in [-0.2, 0) is 6.42 Å². The Morgan fingerprint density at radius 2 is 1.80 bits per heavy atom. The number of nitrogens with zero attached hydrogens (tertiary/aromatic N) is 2. The molecule has 80 valence electrons. The fraction of sp³-hybridized carbons (Fsp3) is 0.333. The van der Waals surface area contributed by atoms with Crippen LogP contribution in [0.15, 0.2) is 0 Å². The van der Waals surface area contributed by atoms with E-state index in [-0.39, 0.29) is 5.69 Å². The van der Waals surface area contributed by atoms with Gasteiger partial charge in [-0.25, -0.2) is 19.6 Å². The molecule has 0 fully saturated rings. The summed E-state index contributed by atoms with van der Waals surface area (Å²) in [4.78, 5) is 28.6. The van der Waals surface area contributed by atoms with Crippen molar-refractivity contribution in [3.63, 3.8) is 0 Å². The number of aryl methyl sites for hydroxylation is 1. The molecular weight excluding hydrogens is 200 g/mol. The van der Waals surface area contributed by atoms with Gasteiger partial charge in [0.1, 0.15) is 0 Å². The van der Waals surface area contributed by atoms with Crippen molar-refractivity contribution < 1.29 is 19.8 Å². The zero-order valence-corrected chi connectivity index (χ0v) is 8.31. The van der Waals surface area contributed by atoms with Crippen LogP contribution < -0.4 is 0 Å². The number of carbonyl (C=O) groups is 2. The zero-order valence-electron chi connectivity index (χ0n) is 8.31. The van der Waals surface area contributed by atoms with E-state index in [2.05, 4.69) is 9.97 Å². The van der Waals surface area contributed by atoms with Crippen LogP contribution in [0.4, 0.5) is 0 Å². The summed E-state index contributed by atoms with van der Waals surface area (Å²) in [6.07, 6.45) is 0.467. The first kappa shape index (κ1) is 11.1. The highest BCUT2D eigenvalue weighted by Gasteiger charge is 2.18. The molecule has 0 saturated carbocycles. The van der Waals surface area contributed by atoms with Crippen molar-refractivity contribution in [1.29, 1.82) is 0 Å². The van der Waals surface area contributed by atoms with Crippen molar-refractivity contribution in [1.82, 2.24) is 9.97 Å². The molecule has 6 nitrogen and oxygen atoms in total. The molecule has 0 amide bonds. The predicted octanol–water partition coefficient (Wildman–Crippen LogP) is 0.744. The number of hydrogen-bond acceptors (Lipinski definition) is 4. The molecule has 1 aromatic heterocycles. The van der Waals surface area contributed by atoms with E-state index in [0.29, 0.717) is 17.7 Å². The van der Waals surface area contributed by atoms with Crippen LogP contribution >= 0.6 is 0 Å². The Hall–Kier alpha value is -1.98. The Morgan fingerprint density at radius 1 is 1.20 bits per heavy atom. The van der Waals surface area contributed by atoms with Gasteiger partial charge in [0.2, 0.25) is 5.82 Å². The second-order valence-corrected chi connectivity index (χ2v) is 2.93. The van der Waals surface area contributed by atoms with Crippen molar-refractivity contribution in [2.75, 3.05) is 0 Å². The molecule has 1 aromatic rings. The van der Waals surface area contributed by atoms with Crippen LogP contribution in [0.2, 0.25) is 0 Å². The normalized spacial score (nSPS) is 10.0. The molecule has 0 aromatic carbocycles. The molecule has 1 heterocycles. The highest BCUT2D eigenvalue weighted by Crippen LogP contribution is 2.11. The number of carboxylic acids is 2. The molecule has 1 rings (SSSR count). The monoisotopic (exact) mass is 210 g/mol. The quantitative estimate of drug-likeness (QED) is 0.763.